The molecule has 0 radical (unpaired) electrons. The average Bonchev–Trinajstić information content (AvgIpc) is 2.42. The molecule has 2 heteroatoms. The first-order valence-electron chi connectivity index (χ1n) is 8.46. The molecule has 1 fully saturated rings. The van der Waals surface area contributed by atoms with Crippen molar-refractivity contribution in [2.24, 2.45) is 5.92 Å². The van der Waals surface area contributed by atoms with Crippen LogP contribution >= 0.6 is 0 Å². The van der Waals surface area contributed by atoms with Gasteiger partial charge in [0.05, 0.1) is 0 Å². The normalized spacial score (nSPS) is 25.0. The van der Waals surface area contributed by atoms with Gasteiger partial charge < -0.3 is 5.32 Å². The summed E-state index contributed by atoms with van der Waals surface area (Å²) in [6.07, 6.45) is 1.25. The molecule has 2 nitrogen and oxygen atoms in total. The fourth-order valence-corrected chi connectivity index (χ4v) is 3.68. The van der Waals surface area contributed by atoms with Gasteiger partial charge in [-0.05, 0) is 50.3 Å². The fourth-order valence-electron chi connectivity index (χ4n) is 3.68. The fraction of sp³-hybridized carbons (Fsp3) is 0.684. The molecule has 118 valence electrons. The SMILES string of the molecule is CCC(C)C1CNC(C)CN1Cc1c(C)cc(C)cc1C. The van der Waals surface area contributed by atoms with Gasteiger partial charge in [-0.1, -0.05) is 38.0 Å². The Morgan fingerprint density at radius 1 is 1.24 bits per heavy atom. The molecule has 1 aromatic carbocycles. The lowest BCUT2D eigenvalue weighted by molar-refractivity contribution is 0.0881. The van der Waals surface area contributed by atoms with Crippen LogP contribution in [0.15, 0.2) is 12.1 Å². The second-order valence-corrected chi connectivity index (χ2v) is 7.07. The van der Waals surface area contributed by atoms with Crippen molar-refractivity contribution in [2.75, 3.05) is 13.1 Å². The van der Waals surface area contributed by atoms with E-state index >= 15 is 0 Å². The first-order valence-corrected chi connectivity index (χ1v) is 8.46. The van der Waals surface area contributed by atoms with Gasteiger partial charge in [-0.2, -0.15) is 0 Å². The van der Waals surface area contributed by atoms with Crippen molar-refractivity contribution in [1.29, 1.82) is 0 Å². The van der Waals surface area contributed by atoms with Crippen LogP contribution in [0.25, 0.3) is 0 Å². The second kappa shape index (κ2) is 6.93. The maximum atomic E-state index is 3.66. The number of nitrogens with one attached hydrogen (secondary N) is 1. The quantitative estimate of drug-likeness (QED) is 0.906. The van der Waals surface area contributed by atoms with Gasteiger partial charge in [-0.3, -0.25) is 4.90 Å². The van der Waals surface area contributed by atoms with Crippen LogP contribution in [0.3, 0.4) is 0 Å². The highest BCUT2D eigenvalue weighted by atomic mass is 15.2. The third-order valence-corrected chi connectivity index (χ3v) is 5.16. The Morgan fingerprint density at radius 2 is 1.86 bits per heavy atom. The standard InChI is InChI=1S/C19H32N2/c1-7-14(3)19-10-20-17(6)11-21(19)12-18-15(4)8-13(2)9-16(18)5/h8-9,14,17,19-20H,7,10-12H2,1-6H3. The largest absolute Gasteiger partial charge is 0.311 e. The zero-order chi connectivity index (χ0) is 15.6. The van der Waals surface area contributed by atoms with E-state index in [9.17, 15) is 0 Å². The van der Waals surface area contributed by atoms with Crippen molar-refractivity contribution in [3.8, 4) is 0 Å². The smallest absolute Gasteiger partial charge is 0.0250 e. The Morgan fingerprint density at radius 3 is 2.43 bits per heavy atom. The Kier molecular flexibility index (Phi) is 5.45. The minimum atomic E-state index is 0.594. The summed E-state index contributed by atoms with van der Waals surface area (Å²) in [6.45, 7) is 17.1. The van der Waals surface area contributed by atoms with Crippen molar-refractivity contribution < 1.29 is 0 Å². The van der Waals surface area contributed by atoms with Gasteiger partial charge in [0.2, 0.25) is 0 Å². The molecule has 1 saturated heterocycles. The summed E-state index contributed by atoms with van der Waals surface area (Å²) in [5.74, 6) is 0.746. The molecule has 0 saturated carbocycles. The van der Waals surface area contributed by atoms with E-state index in [1.54, 1.807) is 0 Å². The topological polar surface area (TPSA) is 15.3 Å². The highest BCUT2D eigenvalue weighted by molar-refractivity contribution is 5.37. The predicted molar refractivity (Wildman–Crippen MR) is 91.8 cm³/mol. The van der Waals surface area contributed by atoms with E-state index in [4.69, 9.17) is 0 Å². The molecule has 0 amide bonds. The van der Waals surface area contributed by atoms with Crippen LogP contribution < -0.4 is 5.32 Å². The number of benzene rings is 1. The van der Waals surface area contributed by atoms with Gasteiger partial charge in [0.25, 0.3) is 0 Å². The average molecular weight is 288 g/mol. The van der Waals surface area contributed by atoms with Gasteiger partial charge in [-0.25, -0.2) is 0 Å². The molecule has 2 rings (SSSR count). The van der Waals surface area contributed by atoms with Gasteiger partial charge in [0.15, 0.2) is 0 Å². The van der Waals surface area contributed by atoms with Crippen molar-refractivity contribution in [3.05, 3.63) is 34.4 Å². The van der Waals surface area contributed by atoms with E-state index in [0.29, 0.717) is 12.1 Å². The lowest BCUT2D eigenvalue weighted by Crippen LogP contribution is -2.57. The van der Waals surface area contributed by atoms with Gasteiger partial charge >= 0.3 is 0 Å². The van der Waals surface area contributed by atoms with Crippen LogP contribution in [0.4, 0.5) is 0 Å². The summed E-state index contributed by atoms with van der Waals surface area (Å²) in [6, 6.07) is 5.90. The first-order chi connectivity index (χ1) is 9.92. The Bertz CT molecular complexity index is 457. The molecule has 3 atom stereocenters. The van der Waals surface area contributed by atoms with Crippen molar-refractivity contribution in [1.82, 2.24) is 10.2 Å². The number of hydrogen-bond donors (Lipinski definition) is 1. The molecule has 21 heavy (non-hydrogen) atoms. The minimum absolute atomic E-state index is 0.594. The third kappa shape index (κ3) is 3.87. The van der Waals surface area contributed by atoms with E-state index in [1.165, 1.54) is 28.7 Å². The monoisotopic (exact) mass is 288 g/mol. The molecule has 0 spiro atoms. The maximum Gasteiger partial charge on any atom is 0.0250 e. The van der Waals surface area contributed by atoms with Gasteiger partial charge in [0, 0.05) is 31.7 Å². The number of aryl methyl sites for hydroxylation is 3. The van der Waals surface area contributed by atoms with Crippen LogP contribution in [0.1, 0.15) is 49.4 Å². The Hall–Kier alpha value is -0.860. The van der Waals surface area contributed by atoms with E-state index in [-0.39, 0.29) is 0 Å². The highest BCUT2D eigenvalue weighted by Gasteiger charge is 2.29. The molecular weight excluding hydrogens is 256 g/mol. The number of hydrogen-bond acceptors (Lipinski definition) is 2. The summed E-state index contributed by atoms with van der Waals surface area (Å²) < 4.78 is 0. The summed E-state index contributed by atoms with van der Waals surface area (Å²) >= 11 is 0. The molecule has 1 aliphatic rings. The Balaban J connectivity index is 2.22. The van der Waals surface area contributed by atoms with Gasteiger partial charge in [-0.15, -0.1) is 0 Å². The molecule has 0 bridgehead atoms. The summed E-state index contributed by atoms with van der Waals surface area (Å²) in [7, 11) is 0. The van der Waals surface area contributed by atoms with Crippen LogP contribution in [0, 0.1) is 26.7 Å². The highest BCUT2D eigenvalue weighted by Crippen LogP contribution is 2.24. The molecule has 3 unspecified atom stereocenters. The first kappa shape index (κ1) is 16.5. The van der Waals surface area contributed by atoms with Gasteiger partial charge in [0.1, 0.15) is 0 Å². The van der Waals surface area contributed by atoms with Crippen molar-refractivity contribution in [3.63, 3.8) is 0 Å². The van der Waals surface area contributed by atoms with Crippen LogP contribution in [0.5, 0.6) is 0 Å². The zero-order valence-corrected chi connectivity index (χ0v) is 14.7. The molecule has 0 aromatic heterocycles. The lowest BCUT2D eigenvalue weighted by Gasteiger charge is -2.42. The zero-order valence-electron chi connectivity index (χ0n) is 14.7. The van der Waals surface area contributed by atoms with Crippen LogP contribution in [-0.2, 0) is 6.54 Å². The summed E-state index contributed by atoms with van der Waals surface area (Å²) in [5.41, 5.74) is 5.80. The third-order valence-electron chi connectivity index (χ3n) is 5.16. The molecule has 1 aromatic rings. The second-order valence-electron chi connectivity index (χ2n) is 7.07. The van der Waals surface area contributed by atoms with Crippen LogP contribution in [-0.4, -0.2) is 30.1 Å². The maximum absolute atomic E-state index is 3.66. The lowest BCUT2D eigenvalue weighted by atomic mass is 9.92. The van der Waals surface area contributed by atoms with E-state index < -0.39 is 0 Å². The Labute approximate surface area is 130 Å². The summed E-state index contributed by atoms with van der Waals surface area (Å²) in [5, 5.41) is 3.66. The molecular formula is C19H32N2. The summed E-state index contributed by atoms with van der Waals surface area (Å²) in [4.78, 5) is 2.71. The number of rotatable bonds is 4. The van der Waals surface area contributed by atoms with E-state index in [2.05, 4.69) is 63.9 Å². The van der Waals surface area contributed by atoms with E-state index in [0.717, 1.165) is 25.6 Å². The van der Waals surface area contributed by atoms with Crippen LogP contribution in [0.2, 0.25) is 0 Å². The molecule has 1 N–H and O–H groups in total. The molecule has 1 heterocycles. The molecule has 1 aliphatic heterocycles. The molecule has 0 aliphatic carbocycles. The van der Waals surface area contributed by atoms with Crippen molar-refractivity contribution in [2.45, 2.75) is 66.6 Å². The number of piperazine rings is 1. The number of nitrogens with zero attached hydrogens (tertiary/aromatic N) is 1. The van der Waals surface area contributed by atoms with E-state index in [1.807, 2.05) is 0 Å². The minimum Gasteiger partial charge on any atom is -0.311 e. The van der Waals surface area contributed by atoms with Crippen molar-refractivity contribution >= 4 is 0 Å². The predicted octanol–water partition coefficient (Wildman–Crippen LogP) is 3.82.